The van der Waals surface area contributed by atoms with Gasteiger partial charge in [-0.05, 0) is 35.7 Å². The zero-order chi connectivity index (χ0) is 19.8. The van der Waals surface area contributed by atoms with Gasteiger partial charge in [-0.15, -0.1) is 0 Å². The summed E-state index contributed by atoms with van der Waals surface area (Å²) in [4.78, 5) is 0. The van der Waals surface area contributed by atoms with Crippen molar-refractivity contribution in [2.45, 2.75) is 30.7 Å². The molecule has 3 aromatic rings. The van der Waals surface area contributed by atoms with E-state index in [4.69, 9.17) is 21.1 Å². The van der Waals surface area contributed by atoms with Crippen molar-refractivity contribution >= 4 is 22.5 Å². The molecule has 0 saturated carbocycles. The summed E-state index contributed by atoms with van der Waals surface area (Å²) >= 11 is 6.36. The van der Waals surface area contributed by atoms with E-state index in [-0.39, 0.29) is 10.8 Å². The number of nitrogens with zero attached hydrogens (tertiary/aromatic N) is 1. The first-order valence-electron chi connectivity index (χ1n) is 8.83. The fourth-order valence-electron chi connectivity index (χ4n) is 3.33. The first kappa shape index (κ1) is 19.2. The molecule has 28 heavy (non-hydrogen) atoms. The van der Waals surface area contributed by atoms with E-state index in [2.05, 4.69) is 0 Å². The molecule has 8 heteroatoms. The number of fused-ring (bicyclic) bond motifs is 1. The molecule has 0 spiro atoms. The summed E-state index contributed by atoms with van der Waals surface area (Å²) in [6.07, 6.45) is -4.85. The van der Waals surface area contributed by atoms with Crippen LogP contribution in [0.15, 0.2) is 54.7 Å². The fraction of sp³-hybridized carbons (Fsp3) is 0.300. The van der Waals surface area contributed by atoms with Crippen LogP contribution in [0.2, 0.25) is 5.02 Å². The Kier molecular flexibility index (Phi) is 5.29. The van der Waals surface area contributed by atoms with E-state index in [1.165, 1.54) is 0 Å². The number of para-hydroxylation sites is 1. The molecule has 1 saturated heterocycles. The van der Waals surface area contributed by atoms with Crippen LogP contribution in [0.4, 0.5) is 0 Å². The van der Waals surface area contributed by atoms with E-state index in [0.29, 0.717) is 0 Å². The minimum atomic E-state index is -1.51. The molecule has 0 bridgehead atoms. The lowest BCUT2D eigenvalue weighted by atomic mass is 9.99. The van der Waals surface area contributed by atoms with E-state index >= 15 is 0 Å². The number of ether oxygens (including phenoxy) is 2. The van der Waals surface area contributed by atoms with Gasteiger partial charge in [-0.25, -0.2) is 0 Å². The molecule has 1 aliphatic heterocycles. The lowest BCUT2D eigenvalue weighted by Gasteiger charge is -2.39. The second-order valence-electron chi connectivity index (χ2n) is 6.67. The van der Waals surface area contributed by atoms with E-state index in [9.17, 15) is 20.4 Å². The molecule has 148 valence electrons. The monoisotopic (exact) mass is 405 g/mol. The maximum atomic E-state index is 10.1. The Balaban J connectivity index is 1.58. The Morgan fingerprint density at radius 1 is 1.00 bits per heavy atom. The Bertz CT molecular complexity index is 974. The van der Waals surface area contributed by atoms with Gasteiger partial charge in [0, 0.05) is 11.9 Å². The summed E-state index contributed by atoms with van der Waals surface area (Å²) in [7, 11) is 0. The summed E-state index contributed by atoms with van der Waals surface area (Å²) in [5.41, 5.74) is 1.86. The molecule has 0 amide bonds. The highest BCUT2D eigenvalue weighted by atomic mass is 35.5. The second kappa shape index (κ2) is 7.71. The number of rotatable bonds is 4. The second-order valence-corrected chi connectivity index (χ2v) is 7.08. The summed E-state index contributed by atoms with van der Waals surface area (Å²) in [6, 6.07) is 15.1. The van der Waals surface area contributed by atoms with Crippen molar-refractivity contribution in [2.24, 2.45) is 0 Å². The normalized spacial score (nSPS) is 27.8. The van der Waals surface area contributed by atoms with Gasteiger partial charge in [0.15, 0.2) is 0 Å². The molecule has 2 heterocycles. The minimum absolute atomic E-state index is 0.242. The van der Waals surface area contributed by atoms with Crippen LogP contribution in [0.25, 0.3) is 16.6 Å². The van der Waals surface area contributed by atoms with Gasteiger partial charge in [-0.2, -0.15) is 0 Å². The maximum absolute atomic E-state index is 10.1. The largest absolute Gasteiger partial charge is 0.460 e. The van der Waals surface area contributed by atoms with Crippen molar-refractivity contribution in [1.29, 1.82) is 0 Å². The zero-order valence-electron chi connectivity index (χ0n) is 14.7. The molecule has 5 atom stereocenters. The molecule has 0 aliphatic carbocycles. The number of hydrogen-bond acceptors (Lipinski definition) is 6. The van der Waals surface area contributed by atoms with Crippen molar-refractivity contribution in [3.05, 3.63) is 59.8 Å². The topological polar surface area (TPSA) is 104 Å². The third-order valence-corrected chi connectivity index (χ3v) is 5.18. The van der Waals surface area contributed by atoms with Crippen LogP contribution in [-0.4, -0.2) is 62.3 Å². The van der Waals surface area contributed by atoms with Gasteiger partial charge in [0.1, 0.15) is 30.2 Å². The lowest BCUT2D eigenvalue weighted by Crippen LogP contribution is -2.60. The molecule has 4 rings (SSSR count). The molecule has 1 aliphatic rings. The summed E-state index contributed by atoms with van der Waals surface area (Å²) in [5.74, 6) is 0.242. The Hall–Kier alpha value is -2.13. The Morgan fingerprint density at radius 3 is 2.54 bits per heavy atom. The van der Waals surface area contributed by atoms with Crippen molar-refractivity contribution in [3.8, 4) is 11.4 Å². The van der Waals surface area contributed by atoms with Crippen LogP contribution in [0.1, 0.15) is 0 Å². The molecule has 1 fully saturated rings. The van der Waals surface area contributed by atoms with Gasteiger partial charge in [0.25, 0.3) is 0 Å². The van der Waals surface area contributed by atoms with Crippen molar-refractivity contribution < 1.29 is 29.9 Å². The first-order chi connectivity index (χ1) is 13.5. The van der Waals surface area contributed by atoms with E-state index in [1.807, 2.05) is 41.1 Å². The molecule has 0 radical (unpaired) electrons. The van der Waals surface area contributed by atoms with Gasteiger partial charge in [0.05, 0.1) is 17.1 Å². The van der Waals surface area contributed by atoms with E-state index in [1.54, 1.807) is 18.2 Å². The third-order valence-electron chi connectivity index (χ3n) is 4.88. The Labute approximate surface area is 165 Å². The number of benzene rings is 2. The van der Waals surface area contributed by atoms with Crippen LogP contribution >= 0.6 is 11.6 Å². The van der Waals surface area contributed by atoms with Crippen molar-refractivity contribution in [1.82, 2.24) is 4.57 Å². The standard InChI is InChI=1S/C20H20ClNO6/c21-13-9-12(22-8-7-11-3-1-2-4-14(11)22)5-6-15(13)27-20-19(26)18(25)17(24)16(10-23)28-20/h1-9,16-20,23-26H,10H2/t16?,17-,18?,19-,20?/m1/s1. The zero-order valence-corrected chi connectivity index (χ0v) is 15.5. The highest BCUT2D eigenvalue weighted by Gasteiger charge is 2.44. The van der Waals surface area contributed by atoms with Crippen LogP contribution in [0.3, 0.4) is 0 Å². The molecule has 4 N–H and O–H groups in total. The van der Waals surface area contributed by atoms with Gasteiger partial charge in [-0.3, -0.25) is 0 Å². The minimum Gasteiger partial charge on any atom is -0.460 e. The van der Waals surface area contributed by atoms with Crippen molar-refractivity contribution in [2.75, 3.05) is 6.61 Å². The maximum Gasteiger partial charge on any atom is 0.229 e. The number of halogens is 1. The number of aliphatic hydroxyl groups excluding tert-OH is 4. The number of aliphatic hydroxyl groups is 4. The predicted octanol–water partition coefficient (Wildman–Crippen LogP) is 1.46. The van der Waals surface area contributed by atoms with Crippen LogP contribution in [0.5, 0.6) is 5.75 Å². The predicted molar refractivity (Wildman–Crippen MR) is 103 cm³/mol. The third kappa shape index (κ3) is 3.37. The first-order valence-corrected chi connectivity index (χ1v) is 9.20. The average Bonchev–Trinajstić information content (AvgIpc) is 3.14. The number of aromatic nitrogens is 1. The average molecular weight is 406 g/mol. The van der Waals surface area contributed by atoms with Gasteiger partial charge >= 0.3 is 0 Å². The van der Waals surface area contributed by atoms with E-state index in [0.717, 1.165) is 16.6 Å². The highest BCUT2D eigenvalue weighted by Crippen LogP contribution is 2.32. The quantitative estimate of drug-likeness (QED) is 0.524. The fourth-order valence-corrected chi connectivity index (χ4v) is 3.55. The van der Waals surface area contributed by atoms with Gasteiger partial charge < -0.3 is 34.5 Å². The highest BCUT2D eigenvalue weighted by molar-refractivity contribution is 6.32. The summed E-state index contributed by atoms with van der Waals surface area (Å²) in [6.45, 7) is -0.530. The molecular formula is C20H20ClNO6. The summed E-state index contributed by atoms with van der Waals surface area (Å²) in [5, 5.41) is 40.5. The van der Waals surface area contributed by atoms with Crippen LogP contribution in [0, 0.1) is 0 Å². The molecule has 1 aromatic heterocycles. The molecule has 7 nitrogen and oxygen atoms in total. The van der Waals surface area contributed by atoms with Crippen LogP contribution in [-0.2, 0) is 4.74 Å². The molecular weight excluding hydrogens is 386 g/mol. The lowest BCUT2D eigenvalue weighted by molar-refractivity contribution is -0.277. The van der Waals surface area contributed by atoms with Gasteiger partial charge in [0.2, 0.25) is 6.29 Å². The number of hydrogen-bond donors (Lipinski definition) is 4. The smallest absolute Gasteiger partial charge is 0.229 e. The van der Waals surface area contributed by atoms with Crippen molar-refractivity contribution in [3.63, 3.8) is 0 Å². The molecule has 3 unspecified atom stereocenters. The van der Waals surface area contributed by atoms with E-state index < -0.39 is 37.3 Å². The van der Waals surface area contributed by atoms with Crippen LogP contribution < -0.4 is 4.74 Å². The SMILES string of the molecule is OCC1OC(Oc2ccc(-n3ccc4ccccc43)cc2Cl)[C@H](O)C(O)[C@@H]1O. The Morgan fingerprint density at radius 2 is 1.79 bits per heavy atom. The van der Waals surface area contributed by atoms with Gasteiger partial charge in [-0.1, -0.05) is 29.8 Å². The molecule has 2 aromatic carbocycles. The summed E-state index contributed by atoms with van der Waals surface area (Å²) < 4.78 is 13.0.